The quantitative estimate of drug-likeness (QED) is 0.134. The number of rotatable bonds is 10. The summed E-state index contributed by atoms with van der Waals surface area (Å²) in [5.41, 5.74) is 4.96. The molecule has 0 spiro atoms. The third-order valence-electron chi connectivity index (χ3n) is 5.78. The summed E-state index contributed by atoms with van der Waals surface area (Å²) in [6.07, 6.45) is 11.2. The fourth-order valence-corrected chi connectivity index (χ4v) is 3.60. The molecule has 0 radical (unpaired) electrons. The number of hydrogen-bond donors (Lipinski definition) is 0. The molecule has 0 saturated carbocycles. The van der Waals surface area contributed by atoms with Gasteiger partial charge in [-0.05, 0) is 36.4 Å². The highest BCUT2D eigenvalue weighted by molar-refractivity contribution is 5.79. The lowest BCUT2D eigenvalue weighted by atomic mass is 10.3. The van der Waals surface area contributed by atoms with Gasteiger partial charge in [-0.25, -0.2) is 9.13 Å². The van der Waals surface area contributed by atoms with Crippen LogP contribution in [0.1, 0.15) is 12.0 Å². The second-order valence-corrected chi connectivity index (χ2v) is 8.73. The number of benzene rings is 2. The second-order valence-electron chi connectivity index (χ2n) is 8.73. The average Bonchev–Trinajstić information content (AvgIpc) is 2.92. The Morgan fingerprint density at radius 3 is 1.78 bits per heavy atom. The Bertz CT molecular complexity index is 1260. The summed E-state index contributed by atoms with van der Waals surface area (Å²) in [6.45, 7) is 1.88. The van der Waals surface area contributed by atoms with Crippen molar-refractivity contribution in [3.05, 3.63) is 109 Å². The van der Waals surface area contributed by atoms with Crippen molar-refractivity contribution in [2.45, 2.75) is 19.5 Å². The van der Waals surface area contributed by atoms with Crippen LogP contribution in [0, 0.1) is 0 Å². The number of hydrazone groups is 1. The molecule has 2 aromatic heterocycles. The fourth-order valence-electron chi connectivity index (χ4n) is 3.60. The highest BCUT2D eigenvalue weighted by Crippen LogP contribution is 2.20. The first kappa shape index (κ1) is 24.7. The summed E-state index contributed by atoms with van der Waals surface area (Å²) in [5, 5.41) is 15.1. The molecule has 0 atom stereocenters. The van der Waals surface area contributed by atoms with Gasteiger partial charge in [-0.1, -0.05) is 18.2 Å². The molecule has 0 aliphatic carbocycles. The minimum Gasteiger partial charge on any atom is -0.378 e. The van der Waals surface area contributed by atoms with Crippen LogP contribution in [0.5, 0.6) is 0 Å². The molecule has 2 aromatic carbocycles. The molecule has 2 heterocycles. The van der Waals surface area contributed by atoms with Gasteiger partial charge in [-0.2, -0.15) is 15.3 Å². The molecule has 0 N–H and O–H groups in total. The van der Waals surface area contributed by atoms with Crippen LogP contribution in [-0.2, 0) is 13.1 Å². The van der Waals surface area contributed by atoms with Crippen molar-refractivity contribution in [1.82, 2.24) is 0 Å². The fraction of sp³-hybridized carbons (Fsp3) is 0.207. The zero-order chi connectivity index (χ0) is 25.2. The van der Waals surface area contributed by atoms with Crippen LogP contribution in [0.15, 0.2) is 119 Å². The molecular formula is C29H33N7+2. The van der Waals surface area contributed by atoms with Crippen molar-refractivity contribution in [3.63, 3.8) is 0 Å². The number of azo groups is 1. The zero-order valence-corrected chi connectivity index (χ0v) is 21.1. The summed E-state index contributed by atoms with van der Waals surface area (Å²) in [7, 11) is 5.99. The van der Waals surface area contributed by atoms with E-state index in [9.17, 15) is 0 Å². The topological polar surface area (TPSA) is 51.3 Å². The van der Waals surface area contributed by atoms with E-state index in [2.05, 4.69) is 66.3 Å². The van der Waals surface area contributed by atoms with Crippen LogP contribution in [0.25, 0.3) is 0 Å². The molecule has 0 aliphatic rings. The van der Waals surface area contributed by atoms with Crippen LogP contribution >= 0.6 is 0 Å². The van der Waals surface area contributed by atoms with Gasteiger partial charge in [0.2, 0.25) is 0 Å². The van der Waals surface area contributed by atoms with Crippen molar-refractivity contribution < 1.29 is 9.13 Å². The minimum atomic E-state index is 0.840. The summed E-state index contributed by atoms with van der Waals surface area (Å²) in [6, 6.07) is 26.3. The first-order valence-corrected chi connectivity index (χ1v) is 12.1. The molecule has 7 heteroatoms. The number of hydrogen-bond acceptors (Lipinski definition) is 5. The molecule has 0 unspecified atom stereocenters. The lowest BCUT2D eigenvalue weighted by molar-refractivity contribution is -0.726. The Morgan fingerprint density at radius 2 is 1.19 bits per heavy atom. The average molecular weight is 480 g/mol. The normalized spacial score (nSPS) is 11.3. The standard InChI is InChI=1S/C29H33N7/c1-33(2)28-12-10-26(11-13-28)31-32-27-16-22-36(23-17-27)19-7-18-35-20-14-25(15-21-35)24-30-34(3)29-8-5-4-6-9-29/h4-6,8-17,20-24H,7,18-19H2,1-3H3/q+2. The zero-order valence-electron chi connectivity index (χ0n) is 21.1. The SMILES string of the molecule is CN(C)c1ccc(N=Nc2cc[n+](CCC[n+]3ccc(C=NN(C)c4ccccc4)cc3)cc2)cc1. The van der Waals surface area contributed by atoms with Gasteiger partial charge in [0, 0.05) is 56.7 Å². The maximum absolute atomic E-state index is 4.52. The Morgan fingerprint density at radius 1 is 0.639 bits per heavy atom. The highest BCUT2D eigenvalue weighted by atomic mass is 15.4. The molecule has 0 saturated heterocycles. The Kier molecular flexibility index (Phi) is 8.48. The van der Waals surface area contributed by atoms with Gasteiger partial charge in [-0.15, -0.1) is 0 Å². The van der Waals surface area contributed by atoms with Gasteiger partial charge >= 0.3 is 0 Å². The largest absolute Gasteiger partial charge is 0.378 e. The first-order chi connectivity index (χ1) is 17.6. The van der Waals surface area contributed by atoms with Crippen molar-refractivity contribution >= 4 is 29.0 Å². The van der Waals surface area contributed by atoms with E-state index < -0.39 is 0 Å². The van der Waals surface area contributed by atoms with E-state index >= 15 is 0 Å². The van der Waals surface area contributed by atoms with E-state index in [1.807, 2.05) is 99.1 Å². The number of anilines is 2. The molecule has 4 aromatic rings. The van der Waals surface area contributed by atoms with Gasteiger partial charge in [0.05, 0.1) is 29.7 Å². The Balaban J connectivity index is 1.23. The maximum atomic E-state index is 4.52. The van der Waals surface area contributed by atoms with Crippen molar-refractivity contribution in [2.24, 2.45) is 15.3 Å². The predicted molar refractivity (Wildman–Crippen MR) is 145 cm³/mol. The van der Waals surface area contributed by atoms with Gasteiger partial charge in [0.15, 0.2) is 37.9 Å². The third-order valence-corrected chi connectivity index (χ3v) is 5.78. The predicted octanol–water partition coefficient (Wildman–Crippen LogP) is 5.30. The smallest absolute Gasteiger partial charge is 0.171 e. The van der Waals surface area contributed by atoms with Crippen LogP contribution < -0.4 is 19.0 Å². The van der Waals surface area contributed by atoms with E-state index in [4.69, 9.17) is 0 Å². The van der Waals surface area contributed by atoms with Crippen LogP contribution in [0.3, 0.4) is 0 Å². The minimum absolute atomic E-state index is 0.840. The molecular weight excluding hydrogens is 446 g/mol. The highest BCUT2D eigenvalue weighted by Gasteiger charge is 2.05. The number of aromatic nitrogens is 2. The number of nitrogens with zero attached hydrogens (tertiary/aromatic N) is 7. The Hall–Kier alpha value is -4.39. The van der Waals surface area contributed by atoms with E-state index in [1.165, 1.54) is 0 Å². The van der Waals surface area contributed by atoms with Crippen LogP contribution in [0.2, 0.25) is 0 Å². The second kappa shape index (κ2) is 12.4. The van der Waals surface area contributed by atoms with Gasteiger partial charge in [-0.3, -0.25) is 5.01 Å². The Labute approximate surface area is 213 Å². The molecule has 0 amide bonds. The molecule has 182 valence electrons. The van der Waals surface area contributed by atoms with E-state index in [-0.39, 0.29) is 0 Å². The molecule has 36 heavy (non-hydrogen) atoms. The van der Waals surface area contributed by atoms with E-state index in [1.54, 1.807) is 0 Å². The number of aryl methyl sites for hydroxylation is 2. The monoisotopic (exact) mass is 479 g/mol. The van der Waals surface area contributed by atoms with Crippen LogP contribution in [-0.4, -0.2) is 27.4 Å². The van der Waals surface area contributed by atoms with Crippen molar-refractivity contribution in [2.75, 3.05) is 31.1 Å². The maximum Gasteiger partial charge on any atom is 0.171 e. The third kappa shape index (κ3) is 7.30. The molecule has 4 rings (SSSR count). The van der Waals surface area contributed by atoms with Gasteiger partial charge in [0.25, 0.3) is 0 Å². The van der Waals surface area contributed by atoms with Crippen molar-refractivity contribution in [1.29, 1.82) is 0 Å². The summed E-state index contributed by atoms with van der Waals surface area (Å²) in [4.78, 5) is 2.06. The molecule has 0 fully saturated rings. The van der Waals surface area contributed by atoms with E-state index in [0.717, 1.165) is 47.8 Å². The van der Waals surface area contributed by atoms with E-state index in [0.29, 0.717) is 0 Å². The lowest BCUT2D eigenvalue weighted by Gasteiger charge is -2.11. The number of pyridine rings is 2. The molecule has 0 aliphatic heterocycles. The summed E-state index contributed by atoms with van der Waals surface area (Å²) < 4.78 is 4.37. The first-order valence-electron chi connectivity index (χ1n) is 12.1. The van der Waals surface area contributed by atoms with Gasteiger partial charge < -0.3 is 4.90 Å². The van der Waals surface area contributed by atoms with Gasteiger partial charge in [0.1, 0.15) is 0 Å². The summed E-state index contributed by atoms with van der Waals surface area (Å²) in [5.74, 6) is 0. The number of para-hydroxylation sites is 1. The summed E-state index contributed by atoms with van der Waals surface area (Å²) >= 11 is 0. The molecule has 0 bridgehead atoms. The molecule has 7 nitrogen and oxygen atoms in total. The van der Waals surface area contributed by atoms with Crippen LogP contribution in [0.4, 0.5) is 22.7 Å². The lowest BCUT2D eigenvalue weighted by Crippen LogP contribution is -2.38. The van der Waals surface area contributed by atoms with Crippen molar-refractivity contribution in [3.8, 4) is 0 Å².